The van der Waals surface area contributed by atoms with E-state index in [1.165, 1.54) is 6.33 Å². The molecule has 0 saturated carbocycles. The lowest BCUT2D eigenvalue weighted by atomic mass is 10.2. The molecule has 184 valence electrons. The lowest BCUT2D eigenvalue weighted by molar-refractivity contribution is -0.339. The van der Waals surface area contributed by atoms with Crippen LogP contribution in [0.2, 0.25) is 0 Å². The number of aliphatic hydroxyl groups is 1. The molecule has 17 nitrogen and oxygen atoms in total. The molecule has 5 atom stereocenters. The largest absolute Gasteiger partial charge is 0.790 e. The molecule has 0 aromatic carbocycles. The van der Waals surface area contributed by atoms with E-state index in [1.807, 2.05) is 0 Å². The Morgan fingerprint density at radius 2 is 1.94 bits per heavy atom. The number of aromatic nitrogens is 3. The van der Waals surface area contributed by atoms with Crippen LogP contribution in [0.5, 0.6) is 0 Å². The van der Waals surface area contributed by atoms with Gasteiger partial charge in [-0.2, -0.15) is 0 Å². The van der Waals surface area contributed by atoms with Gasteiger partial charge in [0, 0.05) is 19.0 Å². The topological polar surface area (TPSA) is 253 Å². The van der Waals surface area contributed by atoms with Gasteiger partial charge in [0.1, 0.15) is 24.3 Å². The van der Waals surface area contributed by atoms with Crippen molar-refractivity contribution in [2.75, 3.05) is 18.7 Å². The Bertz CT molecular complexity index is 1180. The van der Waals surface area contributed by atoms with E-state index in [0.717, 1.165) is 5.56 Å². The van der Waals surface area contributed by atoms with Crippen molar-refractivity contribution in [1.82, 2.24) is 14.5 Å². The van der Waals surface area contributed by atoms with Crippen molar-refractivity contribution in [3.63, 3.8) is 0 Å². The van der Waals surface area contributed by atoms with E-state index in [0.29, 0.717) is 29.9 Å². The molecular formula is C13H15N4O13P3-4. The van der Waals surface area contributed by atoms with Crippen molar-refractivity contribution in [2.45, 2.75) is 31.3 Å². The van der Waals surface area contributed by atoms with Crippen LogP contribution in [0.4, 0.5) is 5.82 Å². The maximum atomic E-state index is 11.7. The van der Waals surface area contributed by atoms with Crippen LogP contribution in [0.15, 0.2) is 12.5 Å². The minimum Gasteiger partial charge on any atom is -0.790 e. The predicted molar refractivity (Wildman–Crippen MR) is 96.3 cm³/mol. The highest BCUT2D eigenvalue weighted by molar-refractivity contribution is 7.64. The van der Waals surface area contributed by atoms with Gasteiger partial charge < -0.3 is 43.1 Å². The van der Waals surface area contributed by atoms with Crippen LogP contribution in [0.1, 0.15) is 18.2 Å². The predicted octanol–water partition coefficient (Wildman–Crippen LogP) is -2.21. The van der Waals surface area contributed by atoms with Gasteiger partial charge in [-0.3, -0.25) is 18.3 Å². The van der Waals surface area contributed by atoms with Crippen molar-refractivity contribution >= 4 is 40.3 Å². The molecule has 0 radical (unpaired) electrons. The summed E-state index contributed by atoms with van der Waals surface area (Å²) < 4.78 is 51.5. The SMILES string of the molecule is O=P([O-])([O-])OP(=O)([O-])OP(=O)([O-])OCC1OC(n2cc3c4c(ncnc42)NOCC3)CC1O. The van der Waals surface area contributed by atoms with E-state index in [9.17, 15) is 38.4 Å². The van der Waals surface area contributed by atoms with E-state index >= 15 is 0 Å². The first kappa shape index (κ1) is 24.8. The van der Waals surface area contributed by atoms with Gasteiger partial charge in [-0.25, -0.2) is 19.8 Å². The van der Waals surface area contributed by atoms with Crippen LogP contribution < -0.4 is 25.1 Å². The minimum atomic E-state index is -6.09. The average molecular weight is 528 g/mol. The fraction of sp³-hybridized carbons (Fsp3) is 0.538. The number of rotatable bonds is 8. The summed E-state index contributed by atoms with van der Waals surface area (Å²) in [4.78, 5) is 57.2. The number of nitrogens with one attached hydrogen (secondary N) is 1. The van der Waals surface area contributed by atoms with Gasteiger partial charge in [0.05, 0.1) is 32.5 Å². The zero-order valence-electron chi connectivity index (χ0n) is 16.2. The number of nitrogens with zero attached hydrogens (tertiary/aromatic N) is 3. The lowest BCUT2D eigenvalue weighted by Crippen LogP contribution is -2.27. The third-order valence-electron chi connectivity index (χ3n) is 4.64. The van der Waals surface area contributed by atoms with Gasteiger partial charge >= 0.3 is 0 Å². The normalized spacial score (nSPS) is 27.0. The Hall–Kier alpha value is -1.29. The quantitative estimate of drug-likeness (QED) is 0.345. The molecule has 2 aromatic heterocycles. The van der Waals surface area contributed by atoms with Crippen LogP contribution in [0, 0.1) is 0 Å². The van der Waals surface area contributed by atoms with Crippen molar-refractivity contribution in [3.05, 3.63) is 18.1 Å². The van der Waals surface area contributed by atoms with E-state index < -0.39 is 48.5 Å². The second kappa shape index (κ2) is 9.06. The lowest BCUT2D eigenvalue weighted by Gasteiger charge is -2.37. The zero-order chi connectivity index (χ0) is 24.0. The summed E-state index contributed by atoms with van der Waals surface area (Å²) in [6.07, 6.45) is 0.301. The fourth-order valence-corrected chi connectivity index (χ4v) is 6.28. The standard InChI is InChI=1S/C13H19N4O13P3/c18-8-3-10(17-4-7-1-2-26-16-12-11(7)13(17)15-6-14-12)28-9(8)5-27-32(22,23)30-33(24,25)29-31(19,20)21/h4,6,8-10,18H,1-3,5H2,(H,22,23)(H,24,25)(H,14,15,16)(H2,19,20,21)/p-4. The first-order chi connectivity index (χ1) is 15.3. The maximum Gasteiger partial charge on any atom is 0.278 e. The van der Waals surface area contributed by atoms with E-state index in [-0.39, 0.29) is 6.42 Å². The van der Waals surface area contributed by atoms with Crippen LogP contribution >= 0.6 is 23.5 Å². The second-order valence-corrected chi connectivity index (χ2v) is 11.2. The molecule has 2 aliphatic heterocycles. The van der Waals surface area contributed by atoms with Gasteiger partial charge in [-0.15, -0.1) is 0 Å². The van der Waals surface area contributed by atoms with E-state index in [4.69, 9.17) is 9.57 Å². The smallest absolute Gasteiger partial charge is 0.278 e. The van der Waals surface area contributed by atoms with Crippen molar-refractivity contribution in [2.24, 2.45) is 0 Å². The molecule has 4 rings (SSSR count). The highest BCUT2D eigenvalue weighted by Gasteiger charge is 2.37. The number of anilines is 1. The average Bonchev–Trinajstić information content (AvgIpc) is 3.14. The van der Waals surface area contributed by atoms with Gasteiger partial charge in [-0.1, -0.05) is 0 Å². The molecule has 0 aliphatic carbocycles. The molecule has 0 bridgehead atoms. The Labute approximate surface area is 184 Å². The number of phosphoric ester groups is 1. The van der Waals surface area contributed by atoms with E-state index in [1.54, 1.807) is 10.8 Å². The van der Waals surface area contributed by atoms with Crippen LogP contribution in [0.25, 0.3) is 11.0 Å². The molecule has 0 amide bonds. The fourth-order valence-electron chi connectivity index (χ4n) is 3.41. The molecule has 2 N–H and O–H groups in total. The Morgan fingerprint density at radius 1 is 1.18 bits per heavy atom. The summed E-state index contributed by atoms with van der Waals surface area (Å²) in [5.41, 5.74) is 4.03. The van der Waals surface area contributed by atoms with Crippen LogP contribution in [-0.2, 0) is 42.8 Å². The Balaban J connectivity index is 1.44. The van der Waals surface area contributed by atoms with Crippen molar-refractivity contribution in [1.29, 1.82) is 0 Å². The first-order valence-electron chi connectivity index (χ1n) is 9.11. The summed E-state index contributed by atoms with van der Waals surface area (Å²) in [6, 6.07) is 0. The third kappa shape index (κ3) is 5.86. The molecule has 33 heavy (non-hydrogen) atoms. The maximum absolute atomic E-state index is 11.7. The van der Waals surface area contributed by atoms with Gasteiger partial charge in [-0.05, 0) is 5.56 Å². The van der Waals surface area contributed by atoms with Crippen LogP contribution in [0.3, 0.4) is 0 Å². The molecule has 1 saturated heterocycles. The monoisotopic (exact) mass is 528 g/mol. The summed E-state index contributed by atoms with van der Waals surface area (Å²) in [5, 5.41) is 11.0. The van der Waals surface area contributed by atoms with E-state index in [2.05, 4.69) is 28.6 Å². The van der Waals surface area contributed by atoms with Gasteiger partial charge in [0.25, 0.3) is 15.6 Å². The molecule has 4 heterocycles. The summed E-state index contributed by atoms with van der Waals surface area (Å²) in [7, 11) is -17.9. The number of hydrogen-bond acceptors (Lipinski definition) is 16. The first-order valence-corrected chi connectivity index (χ1v) is 13.5. The Kier molecular flexibility index (Phi) is 6.81. The molecule has 2 aromatic rings. The molecule has 0 spiro atoms. The molecule has 20 heteroatoms. The zero-order valence-corrected chi connectivity index (χ0v) is 18.9. The summed E-state index contributed by atoms with van der Waals surface area (Å²) in [5.74, 6) is 0.444. The summed E-state index contributed by atoms with van der Waals surface area (Å²) >= 11 is 0. The number of phosphoric acid groups is 3. The number of ether oxygens (including phenoxy) is 1. The van der Waals surface area contributed by atoms with Crippen LogP contribution in [-0.4, -0.2) is 45.1 Å². The van der Waals surface area contributed by atoms with Crippen molar-refractivity contribution in [3.8, 4) is 0 Å². The Morgan fingerprint density at radius 3 is 2.67 bits per heavy atom. The van der Waals surface area contributed by atoms with Gasteiger partial charge in [0.2, 0.25) is 0 Å². The molecular weight excluding hydrogens is 513 g/mol. The highest BCUT2D eigenvalue weighted by Crippen LogP contribution is 2.60. The minimum absolute atomic E-state index is 0.00321. The molecule has 5 unspecified atom stereocenters. The number of aliphatic hydroxyl groups excluding tert-OH is 1. The third-order valence-corrected chi connectivity index (χ3v) is 8.31. The number of hydrogen-bond donors (Lipinski definition) is 2. The second-order valence-electron chi connectivity index (χ2n) is 6.92. The van der Waals surface area contributed by atoms with Crippen molar-refractivity contribution < 1.29 is 61.1 Å². The van der Waals surface area contributed by atoms with Gasteiger partial charge in [0.15, 0.2) is 5.82 Å². The molecule has 1 fully saturated rings. The summed E-state index contributed by atoms with van der Waals surface area (Å²) in [6.45, 7) is -0.521. The molecule has 2 aliphatic rings. The highest BCUT2D eigenvalue weighted by atomic mass is 31.3.